The minimum Gasteiger partial charge on any atom is -0.356 e. The maximum atomic E-state index is 5.88. The third kappa shape index (κ3) is 5.25. The van der Waals surface area contributed by atoms with E-state index in [4.69, 9.17) is 11.6 Å². The lowest BCUT2D eigenvalue weighted by Crippen LogP contribution is -2.40. The van der Waals surface area contributed by atoms with Crippen LogP contribution < -0.4 is 10.6 Å². The van der Waals surface area contributed by atoms with Crippen molar-refractivity contribution in [1.82, 2.24) is 10.6 Å². The molecular weight excluding hydrogens is 290 g/mol. The molecule has 1 atom stereocenters. The molecule has 2 N–H and O–H groups in total. The van der Waals surface area contributed by atoms with Crippen LogP contribution in [0.1, 0.15) is 18.4 Å². The van der Waals surface area contributed by atoms with Gasteiger partial charge < -0.3 is 10.6 Å². The number of hydrogen-bond donors (Lipinski definition) is 2. The summed E-state index contributed by atoms with van der Waals surface area (Å²) in [4.78, 5) is 4.26. The smallest absolute Gasteiger partial charge is 0.191 e. The molecule has 1 aromatic rings. The zero-order valence-electron chi connectivity index (χ0n) is 11.9. The Morgan fingerprint density at radius 3 is 2.80 bits per heavy atom. The van der Waals surface area contributed by atoms with E-state index in [2.05, 4.69) is 39.5 Å². The van der Waals surface area contributed by atoms with Crippen LogP contribution in [0.5, 0.6) is 0 Å². The van der Waals surface area contributed by atoms with Gasteiger partial charge in [-0.05, 0) is 42.7 Å². The van der Waals surface area contributed by atoms with E-state index in [0.29, 0.717) is 0 Å². The molecule has 0 radical (unpaired) electrons. The second-order valence-corrected chi connectivity index (χ2v) is 6.74. The zero-order valence-corrected chi connectivity index (χ0v) is 13.4. The van der Waals surface area contributed by atoms with Crippen molar-refractivity contribution >= 4 is 29.3 Å². The minimum atomic E-state index is 0.741. The first-order valence-electron chi connectivity index (χ1n) is 7.08. The highest BCUT2D eigenvalue weighted by atomic mass is 35.5. The van der Waals surface area contributed by atoms with Crippen LogP contribution in [0, 0.1) is 0 Å². The fourth-order valence-electron chi connectivity index (χ4n) is 2.21. The molecular formula is C15H22ClN3S. The molecule has 1 fully saturated rings. The summed E-state index contributed by atoms with van der Waals surface area (Å²) in [7, 11) is 1.82. The molecule has 1 aliphatic heterocycles. The summed E-state index contributed by atoms with van der Waals surface area (Å²) >= 11 is 7.93. The highest BCUT2D eigenvalue weighted by Crippen LogP contribution is 2.25. The second-order valence-electron chi connectivity index (χ2n) is 4.89. The second kappa shape index (κ2) is 8.42. The van der Waals surface area contributed by atoms with Crippen molar-refractivity contribution < 1.29 is 0 Å². The Balaban J connectivity index is 1.66. The Hall–Kier alpha value is -0.870. The van der Waals surface area contributed by atoms with Gasteiger partial charge in [0, 0.05) is 30.4 Å². The van der Waals surface area contributed by atoms with Crippen LogP contribution in [0.15, 0.2) is 29.3 Å². The van der Waals surface area contributed by atoms with E-state index in [9.17, 15) is 0 Å². The summed E-state index contributed by atoms with van der Waals surface area (Å²) < 4.78 is 0. The van der Waals surface area contributed by atoms with Gasteiger partial charge in [0.15, 0.2) is 5.96 Å². The van der Waals surface area contributed by atoms with Gasteiger partial charge in [0.2, 0.25) is 0 Å². The van der Waals surface area contributed by atoms with E-state index in [0.717, 1.165) is 35.7 Å². The van der Waals surface area contributed by atoms with E-state index in [1.807, 2.05) is 19.2 Å². The first-order valence-corrected chi connectivity index (χ1v) is 8.51. The third-order valence-corrected chi connectivity index (χ3v) is 5.01. The van der Waals surface area contributed by atoms with Gasteiger partial charge in [-0.15, -0.1) is 0 Å². The van der Waals surface area contributed by atoms with E-state index < -0.39 is 0 Å². The Labute approximate surface area is 130 Å². The van der Waals surface area contributed by atoms with Gasteiger partial charge in [-0.25, -0.2) is 0 Å². The average molecular weight is 312 g/mol. The maximum absolute atomic E-state index is 5.88. The molecule has 0 spiro atoms. The number of rotatable bonds is 5. The molecule has 1 aromatic carbocycles. The summed E-state index contributed by atoms with van der Waals surface area (Å²) in [5.74, 6) is 2.20. The molecule has 0 amide bonds. The van der Waals surface area contributed by atoms with E-state index in [1.54, 1.807) is 0 Å². The van der Waals surface area contributed by atoms with Gasteiger partial charge in [-0.3, -0.25) is 4.99 Å². The van der Waals surface area contributed by atoms with E-state index in [1.165, 1.54) is 24.2 Å². The molecule has 0 aromatic heterocycles. The summed E-state index contributed by atoms with van der Waals surface area (Å²) in [5, 5.41) is 8.28. The van der Waals surface area contributed by atoms with Crippen molar-refractivity contribution in [1.29, 1.82) is 0 Å². The Morgan fingerprint density at radius 1 is 1.35 bits per heavy atom. The number of nitrogens with zero attached hydrogens (tertiary/aromatic N) is 1. The van der Waals surface area contributed by atoms with Crippen molar-refractivity contribution in [3.8, 4) is 0 Å². The predicted octanol–water partition coefficient (Wildman–Crippen LogP) is 2.94. The van der Waals surface area contributed by atoms with Crippen LogP contribution in [0.25, 0.3) is 0 Å². The van der Waals surface area contributed by atoms with Crippen molar-refractivity contribution in [2.75, 3.05) is 25.9 Å². The molecule has 3 nitrogen and oxygen atoms in total. The van der Waals surface area contributed by atoms with Crippen LogP contribution in [-0.2, 0) is 6.42 Å². The molecule has 2 rings (SSSR count). The number of halogens is 1. The standard InChI is InChI=1S/C15H22ClN3S/c1-17-15(19-11-14-3-2-10-20-14)18-9-8-12-4-6-13(16)7-5-12/h4-7,14H,2-3,8-11H2,1H3,(H2,17,18,19). The third-order valence-electron chi connectivity index (χ3n) is 3.36. The van der Waals surface area contributed by atoms with Gasteiger partial charge in [-0.2, -0.15) is 11.8 Å². The largest absolute Gasteiger partial charge is 0.356 e. The van der Waals surface area contributed by atoms with Crippen molar-refractivity contribution in [3.63, 3.8) is 0 Å². The molecule has 0 bridgehead atoms. The number of guanidine groups is 1. The number of thioether (sulfide) groups is 1. The molecule has 1 unspecified atom stereocenters. The lowest BCUT2D eigenvalue weighted by molar-refractivity contribution is 0.724. The summed E-state index contributed by atoms with van der Waals surface area (Å²) in [6.07, 6.45) is 3.63. The topological polar surface area (TPSA) is 36.4 Å². The normalized spacial score (nSPS) is 19.1. The summed E-state index contributed by atoms with van der Waals surface area (Å²) in [6.45, 7) is 1.88. The zero-order chi connectivity index (χ0) is 14.2. The molecule has 1 saturated heterocycles. The quantitative estimate of drug-likeness (QED) is 0.648. The monoisotopic (exact) mass is 311 g/mol. The Bertz CT molecular complexity index is 427. The Morgan fingerprint density at radius 2 is 2.15 bits per heavy atom. The predicted molar refractivity (Wildman–Crippen MR) is 90.0 cm³/mol. The minimum absolute atomic E-state index is 0.741. The van der Waals surface area contributed by atoms with Crippen LogP contribution >= 0.6 is 23.4 Å². The van der Waals surface area contributed by atoms with Crippen LogP contribution in [0.2, 0.25) is 5.02 Å². The van der Waals surface area contributed by atoms with Gasteiger partial charge in [0.1, 0.15) is 0 Å². The first-order chi connectivity index (χ1) is 9.78. The van der Waals surface area contributed by atoms with Gasteiger partial charge in [-0.1, -0.05) is 23.7 Å². The first kappa shape index (κ1) is 15.5. The highest BCUT2D eigenvalue weighted by Gasteiger charge is 2.15. The fourth-order valence-corrected chi connectivity index (χ4v) is 3.54. The van der Waals surface area contributed by atoms with Crippen molar-refractivity contribution in [3.05, 3.63) is 34.9 Å². The highest BCUT2D eigenvalue weighted by molar-refractivity contribution is 8.00. The average Bonchev–Trinajstić information content (AvgIpc) is 2.98. The number of benzene rings is 1. The van der Waals surface area contributed by atoms with Crippen molar-refractivity contribution in [2.45, 2.75) is 24.5 Å². The lowest BCUT2D eigenvalue weighted by Gasteiger charge is -2.14. The molecule has 1 aliphatic rings. The van der Waals surface area contributed by atoms with Crippen LogP contribution in [0.3, 0.4) is 0 Å². The summed E-state index contributed by atoms with van der Waals surface area (Å²) in [5.41, 5.74) is 1.28. The van der Waals surface area contributed by atoms with Gasteiger partial charge in [0.25, 0.3) is 0 Å². The molecule has 20 heavy (non-hydrogen) atoms. The lowest BCUT2D eigenvalue weighted by atomic mass is 10.1. The molecule has 0 aliphatic carbocycles. The molecule has 5 heteroatoms. The van der Waals surface area contributed by atoms with Gasteiger partial charge >= 0.3 is 0 Å². The van der Waals surface area contributed by atoms with E-state index in [-0.39, 0.29) is 0 Å². The summed E-state index contributed by atoms with van der Waals surface area (Å²) in [6, 6.07) is 7.99. The number of aliphatic imine (C=N–C) groups is 1. The van der Waals surface area contributed by atoms with Gasteiger partial charge in [0.05, 0.1) is 0 Å². The van der Waals surface area contributed by atoms with Crippen LogP contribution in [0.4, 0.5) is 0 Å². The number of hydrogen-bond acceptors (Lipinski definition) is 2. The molecule has 0 saturated carbocycles. The SMILES string of the molecule is CN=C(NCCc1ccc(Cl)cc1)NCC1CCCS1. The number of nitrogens with one attached hydrogen (secondary N) is 2. The molecule has 1 heterocycles. The Kier molecular flexibility index (Phi) is 6.54. The molecule has 110 valence electrons. The van der Waals surface area contributed by atoms with Crippen LogP contribution in [-0.4, -0.2) is 37.1 Å². The fraction of sp³-hybridized carbons (Fsp3) is 0.533. The van der Waals surface area contributed by atoms with E-state index >= 15 is 0 Å². The maximum Gasteiger partial charge on any atom is 0.191 e. The van der Waals surface area contributed by atoms with Crippen molar-refractivity contribution in [2.24, 2.45) is 4.99 Å².